The summed E-state index contributed by atoms with van der Waals surface area (Å²) in [6.45, 7) is 0.325. The number of pyridine rings is 1. The molecule has 1 aromatic heterocycles. The molecule has 0 bridgehead atoms. The van der Waals surface area contributed by atoms with Crippen molar-refractivity contribution in [2.75, 3.05) is 7.11 Å². The minimum Gasteiger partial charge on any atom is -0.481 e. The Hall–Kier alpha value is -1.58. The highest BCUT2D eigenvalue weighted by Crippen LogP contribution is 2.21. The molecule has 1 aromatic rings. The number of hydrogen-bond donors (Lipinski definition) is 0. The fraction of sp³-hybridized carbons (Fsp3) is 0.250. The highest BCUT2D eigenvalue weighted by Gasteiger charge is 2.21. The van der Waals surface area contributed by atoms with Crippen molar-refractivity contribution in [3.8, 4) is 5.88 Å². The monoisotopic (exact) mass is 165 g/mol. The summed E-state index contributed by atoms with van der Waals surface area (Å²) in [6.07, 6.45) is 1.60. The number of cyclic esters (lactones) is 1. The summed E-state index contributed by atoms with van der Waals surface area (Å²) >= 11 is 0. The predicted octanol–water partition coefficient (Wildman–Crippen LogP) is 0.761. The molecule has 62 valence electrons. The lowest BCUT2D eigenvalue weighted by molar-refractivity contribution is 0.0535. The van der Waals surface area contributed by atoms with Crippen molar-refractivity contribution >= 4 is 5.97 Å². The fourth-order valence-electron chi connectivity index (χ4n) is 1.10. The van der Waals surface area contributed by atoms with Crippen LogP contribution in [0.5, 0.6) is 5.88 Å². The maximum atomic E-state index is 11.0. The van der Waals surface area contributed by atoms with E-state index in [2.05, 4.69) is 4.98 Å². The predicted molar refractivity (Wildman–Crippen MR) is 39.9 cm³/mol. The molecule has 0 N–H and O–H groups in total. The second-order valence-electron chi connectivity index (χ2n) is 2.46. The van der Waals surface area contributed by atoms with E-state index in [1.165, 1.54) is 7.11 Å². The lowest BCUT2D eigenvalue weighted by Gasteiger charge is -1.98. The average Bonchev–Trinajstić information content (AvgIpc) is 2.47. The van der Waals surface area contributed by atoms with Gasteiger partial charge in [-0.05, 0) is 0 Å². The van der Waals surface area contributed by atoms with Crippen LogP contribution < -0.4 is 4.74 Å². The lowest BCUT2D eigenvalue weighted by atomic mass is 10.2. The van der Waals surface area contributed by atoms with Crippen LogP contribution >= 0.6 is 0 Å². The number of carbonyl (C=O) groups excluding carboxylic acids is 1. The molecule has 0 aromatic carbocycles. The quantitative estimate of drug-likeness (QED) is 0.576. The molecule has 2 rings (SSSR count). The number of aromatic nitrogens is 1. The van der Waals surface area contributed by atoms with E-state index < -0.39 is 0 Å². The molecule has 0 atom stereocenters. The molecule has 1 aliphatic heterocycles. The molecule has 0 saturated heterocycles. The summed E-state index contributed by atoms with van der Waals surface area (Å²) < 4.78 is 9.66. The first-order chi connectivity index (χ1) is 5.81. The topological polar surface area (TPSA) is 48.4 Å². The van der Waals surface area contributed by atoms with E-state index in [4.69, 9.17) is 9.47 Å². The average molecular weight is 165 g/mol. The molecule has 4 nitrogen and oxygen atoms in total. The van der Waals surface area contributed by atoms with Crippen molar-refractivity contribution in [2.24, 2.45) is 0 Å². The molecule has 0 fully saturated rings. The van der Waals surface area contributed by atoms with Gasteiger partial charge in [0.25, 0.3) is 0 Å². The number of ether oxygens (including phenoxy) is 2. The van der Waals surface area contributed by atoms with Crippen LogP contribution in [0.25, 0.3) is 0 Å². The smallest absolute Gasteiger partial charge is 0.339 e. The first kappa shape index (κ1) is 7.09. The van der Waals surface area contributed by atoms with Gasteiger partial charge in [0, 0.05) is 17.8 Å². The van der Waals surface area contributed by atoms with Crippen LogP contribution in [0, 0.1) is 0 Å². The van der Waals surface area contributed by atoms with E-state index in [9.17, 15) is 4.79 Å². The zero-order chi connectivity index (χ0) is 8.55. The van der Waals surface area contributed by atoms with Crippen LogP contribution in [0.4, 0.5) is 0 Å². The van der Waals surface area contributed by atoms with Gasteiger partial charge in [0.15, 0.2) is 0 Å². The number of nitrogens with zero attached hydrogens (tertiary/aromatic N) is 1. The van der Waals surface area contributed by atoms with Crippen LogP contribution in [0.2, 0.25) is 0 Å². The molecule has 0 saturated carbocycles. The second kappa shape index (κ2) is 2.48. The second-order valence-corrected chi connectivity index (χ2v) is 2.46. The third-order valence-corrected chi connectivity index (χ3v) is 1.75. The molecular weight excluding hydrogens is 158 g/mol. The molecule has 1 aliphatic rings. The van der Waals surface area contributed by atoms with Gasteiger partial charge in [-0.15, -0.1) is 0 Å². The molecule has 2 heterocycles. The maximum absolute atomic E-state index is 11.0. The fourth-order valence-corrected chi connectivity index (χ4v) is 1.10. The van der Waals surface area contributed by atoms with Crippen molar-refractivity contribution in [3.63, 3.8) is 0 Å². The molecule has 4 heteroatoms. The normalized spacial score (nSPS) is 13.9. The van der Waals surface area contributed by atoms with Gasteiger partial charge in [-0.1, -0.05) is 0 Å². The molecule has 0 unspecified atom stereocenters. The van der Waals surface area contributed by atoms with Crippen molar-refractivity contribution < 1.29 is 14.3 Å². The zero-order valence-corrected chi connectivity index (χ0v) is 6.53. The van der Waals surface area contributed by atoms with Gasteiger partial charge in [0.1, 0.15) is 6.61 Å². The van der Waals surface area contributed by atoms with E-state index in [1.54, 1.807) is 12.3 Å². The van der Waals surface area contributed by atoms with Crippen molar-refractivity contribution in [2.45, 2.75) is 6.61 Å². The lowest BCUT2D eigenvalue weighted by Crippen LogP contribution is -1.95. The molecule has 0 radical (unpaired) electrons. The summed E-state index contributed by atoms with van der Waals surface area (Å²) in [5, 5.41) is 0. The standard InChI is InChI=1S/C8H7NO3/c1-11-7-2-6-5(3-9-7)4-12-8(6)10/h2-3H,4H2,1H3. The van der Waals surface area contributed by atoms with Crippen molar-refractivity contribution in [3.05, 3.63) is 23.4 Å². The Morgan fingerprint density at radius 2 is 2.50 bits per heavy atom. The summed E-state index contributed by atoms with van der Waals surface area (Å²) in [6, 6.07) is 1.59. The number of methoxy groups -OCH3 is 1. The minimum absolute atomic E-state index is 0.300. The molecule has 0 aliphatic carbocycles. The van der Waals surface area contributed by atoms with Gasteiger partial charge in [0.2, 0.25) is 5.88 Å². The number of fused-ring (bicyclic) bond motifs is 1. The Bertz CT molecular complexity index is 335. The summed E-state index contributed by atoms with van der Waals surface area (Å²) in [7, 11) is 1.51. The molecule has 12 heavy (non-hydrogen) atoms. The van der Waals surface area contributed by atoms with Gasteiger partial charge >= 0.3 is 5.97 Å². The number of rotatable bonds is 1. The van der Waals surface area contributed by atoms with E-state index >= 15 is 0 Å². The third-order valence-electron chi connectivity index (χ3n) is 1.75. The highest BCUT2D eigenvalue weighted by atomic mass is 16.5. The van der Waals surface area contributed by atoms with Crippen molar-refractivity contribution in [1.82, 2.24) is 4.98 Å². The minimum atomic E-state index is -0.300. The maximum Gasteiger partial charge on any atom is 0.339 e. The Morgan fingerprint density at radius 1 is 1.67 bits per heavy atom. The Balaban J connectivity index is 2.50. The summed E-state index contributed by atoms with van der Waals surface area (Å²) in [4.78, 5) is 15.0. The van der Waals surface area contributed by atoms with Gasteiger partial charge in [0.05, 0.1) is 12.7 Å². The van der Waals surface area contributed by atoms with Crippen LogP contribution in [0.3, 0.4) is 0 Å². The molecule has 0 amide bonds. The first-order valence-corrected chi connectivity index (χ1v) is 3.51. The SMILES string of the molecule is COc1cc2c(cn1)COC2=O. The van der Waals surface area contributed by atoms with Gasteiger partial charge in [-0.25, -0.2) is 9.78 Å². The van der Waals surface area contributed by atoms with Gasteiger partial charge < -0.3 is 9.47 Å². The zero-order valence-electron chi connectivity index (χ0n) is 6.53. The Labute approximate surface area is 69.1 Å². The van der Waals surface area contributed by atoms with Gasteiger partial charge in [-0.3, -0.25) is 0 Å². The Kier molecular flexibility index (Phi) is 1.46. The van der Waals surface area contributed by atoms with Crippen molar-refractivity contribution in [1.29, 1.82) is 0 Å². The molecular formula is C8H7NO3. The van der Waals surface area contributed by atoms with Crippen LogP contribution in [-0.2, 0) is 11.3 Å². The summed E-state index contributed by atoms with van der Waals surface area (Å²) in [5.74, 6) is 0.137. The van der Waals surface area contributed by atoms with Crippen LogP contribution in [-0.4, -0.2) is 18.1 Å². The van der Waals surface area contributed by atoms with E-state index in [-0.39, 0.29) is 5.97 Å². The van der Waals surface area contributed by atoms with E-state index in [0.717, 1.165) is 5.56 Å². The number of esters is 1. The first-order valence-electron chi connectivity index (χ1n) is 3.51. The van der Waals surface area contributed by atoms with Gasteiger partial charge in [-0.2, -0.15) is 0 Å². The number of hydrogen-bond acceptors (Lipinski definition) is 4. The highest BCUT2D eigenvalue weighted by molar-refractivity contribution is 5.93. The number of carbonyl (C=O) groups is 1. The largest absolute Gasteiger partial charge is 0.481 e. The van der Waals surface area contributed by atoms with E-state index in [0.29, 0.717) is 18.1 Å². The van der Waals surface area contributed by atoms with E-state index in [1.807, 2.05) is 0 Å². The third kappa shape index (κ3) is 0.922. The van der Waals surface area contributed by atoms with Crippen LogP contribution in [0.1, 0.15) is 15.9 Å². The van der Waals surface area contributed by atoms with Crippen LogP contribution in [0.15, 0.2) is 12.3 Å². The summed E-state index contributed by atoms with van der Waals surface area (Å²) in [5.41, 5.74) is 1.38. The Morgan fingerprint density at radius 3 is 3.25 bits per heavy atom. The molecule has 0 spiro atoms.